The molecule has 1 rings (SSSR count). The van der Waals surface area contributed by atoms with Gasteiger partial charge >= 0.3 is 5.97 Å². The largest absolute Gasteiger partial charge is 0.461 e. The molecule has 0 spiro atoms. The quantitative estimate of drug-likeness (QED) is 0.291. The van der Waals surface area contributed by atoms with Crippen LogP contribution in [0, 0.1) is 0 Å². The summed E-state index contributed by atoms with van der Waals surface area (Å²) in [6, 6.07) is 0. The van der Waals surface area contributed by atoms with Crippen molar-refractivity contribution in [1.29, 1.82) is 0 Å². The maximum Gasteiger partial charge on any atom is 0.341 e. The highest BCUT2D eigenvalue weighted by molar-refractivity contribution is 5.89. The molecule has 1 heterocycles. The third-order valence-electron chi connectivity index (χ3n) is 2.31. The fourth-order valence-corrected chi connectivity index (χ4v) is 1.43. The molecule has 0 atom stereocenters. The maximum absolute atomic E-state index is 11.0. The summed E-state index contributed by atoms with van der Waals surface area (Å²) in [6.07, 6.45) is 8.75. The molecule has 0 aromatic carbocycles. The predicted octanol–water partition coefficient (Wildman–Crippen LogP) is 2.99. The van der Waals surface area contributed by atoms with E-state index in [2.05, 4.69) is 12.7 Å². The first-order chi connectivity index (χ1) is 6.84. The molecule has 1 saturated heterocycles. The van der Waals surface area contributed by atoms with E-state index in [1.54, 1.807) is 0 Å². The standard InChI is InChI=1S/C12H18O2/c1-2-3-4-5-6-7-8-11-9-10-14-12(11)13/h7H,2-6,9-10H2,1H3. The Hall–Kier alpha value is -1.01. The summed E-state index contributed by atoms with van der Waals surface area (Å²) < 4.78 is 4.80. The fourth-order valence-electron chi connectivity index (χ4n) is 1.43. The molecular formula is C12H18O2. The first kappa shape index (κ1) is 11.1. The van der Waals surface area contributed by atoms with Gasteiger partial charge in [0.05, 0.1) is 12.2 Å². The second-order valence-corrected chi connectivity index (χ2v) is 3.56. The van der Waals surface area contributed by atoms with Crippen LogP contribution in [0.15, 0.2) is 17.4 Å². The van der Waals surface area contributed by atoms with Crippen molar-refractivity contribution in [3.05, 3.63) is 17.4 Å². The molecule has 1 aliphatic heterocycles. The zero-order chi connectivity index (χ0) is 10.2. The Morgan fingerprint density at radius 2 is 2.29 bits per heavy atom. The van der Waals surface area contributed by atoms with Crippen molar-refractivity contribution in [3.8, 4) is 0 Å². The molecule has 2 nitrogen and oxygen atoms in total. The lowest BCUT2D eigenvalue weighted by molar-refractivity contribution is -0.135. The molecule has 0 aromatic heterocycles. The summed E-state index contributed by atoms with van der Waals surface area (Å²) in [4.78, 5) is 11.0. The molecule has 0 bridgehead atoms. The van der Waals surface area contributed by atoms with E-state index in [1.165, 1.54) is 25.7 Å². The molecular weight excluding hydrogens is 176 g/mol. The summed E-state index contributed by atoms with van der Waals surface area (Å²) in [5.41, 5.74) is 3.73. The molecule has 1 aliphatic rings. The van der Waals surface area contributed by atoms with Gasteiger partial charge in [0.1, 0.15) is 0 Å². The summed E-state index contributed by atoms with van der Waals surface area (Å²) >= 11 is 0. The van der Waals surface area contributed by atoms with Crippen LogP contribution in [0.25, 0.3) is 0 Å². The highest BCUT2D eigenvalue weighted by Crippen LogP contribution is 2.11. The van der Waals surface area contributed by atoms with Crippen LogP contribution in [0.5, 0.6) is 0 Å². The normalized spacial score (nSPS) is 15.2. The highest BCUT2D eigenvalue weighted by atomic mass is 16.5. The van der Waals surface area contributed by atoms with E-state index >= 15 is 0 Å². The number of hydrogen-bond acceptors (Lipinski definition) is 2. The Morgan fingerprint density at radius 3 is 2.93 bits per heavy atom. The Bertz CT molecular complexity index is 247. The van der Waals surface area contributed by atoms with E-state index in [1.807, 2.05) is 6.08 Å². The molecule has 0 amide bonds. The van der Waals surface area contributed by atoms with Gasteiger partial charge in [0.15, 0.2) is 0 Å². The van der Waals surface area contributed by atoms with E-state index in [4.69, 9.17) is 4.74 Å². The third-order valence-corrected chi connectivity index (χ3v) is 2.31. The Balaban J connectivity index is 2.21. The van der Waals surface area contributed by atoms with Gasteiger partial charge in [0, 0.05) is 6.42 Å². The number of esters is 1. The summed E-state index contributed by atoms with van der Waals surface area (Å²) in [7, 11) is 0. The molecule has 0 N–H and O–H groups in total. The smallest absolute Gasteiger partial charge is 0.341 e. The number of unbranched alkanes of at least 4 members (excludes halogenated alkanes) is 4. The average molecular weight is 194 g/mol. The molecule has 78 valence electrons. The van der Waals surface area contributed by atoms with Gasteiger partial charge in [-0.3, -0.25) is 0 Å². The van der Waals surface area contributed by atoms with Gasteiger partial charge in [-0.15, -0.1) is 5.73 Å². The highest BCUT2D eigenvalue weighted by Gasteiger charge is 2.17. The van der Waals surface area contributed by atoms with Gasteiger partial charge in [-0.2, -0.15) is 0 Å². The Kier molecular flexibility index (Phi) is 5.09. The van der Waals surface area contributed by atoms with Crippen molar-refractivity contribution in [2.24, 2.45) is 0 Å². The van der Waals surface area contributed by atoms with Crippen LogP contribution in [0.2, 0.25) is 0 Å². The lowest BCUT2D eigenvalue weighted by Crippen LogP contribution is -1.92. The van der Waals surface area contributed by atoms with Crippen LogP contribution >= 0.6 is 0 Å². The van der Waals surface area contributed by atoms with Crippen molar-refractivity contribution in [2.75, 3.05) is 6.61 Å². The molecule has 0 unspecified atom stereocenters. The molecule has 0 radical (unpaired) electrons. The van der Waals surface area contributed by atoms with Crippen LogP contribution in [0.3, 0.4) is 0 Å². The fraction of sp³-hybridized carbons (Fsp3) is 0.667. The van der Waals surface area contributed by atoms with Gasteiger partial charge in [-0.1, -0.05) is 26.2 Å². The number of hydrogen-bond donors (Lipinski definition) is 0. The van der Waals surface area contributed by atoms with Crippen molar-refractivity contribution >= 4 is 5.97 Å². The van der Waals surface area contributed by atoms with Crippen molar-refractivity contribution in [2.45, 2.75) is 45.4 Å². The van der Waals surface area contributed by atoms with E-state index in [9.17, 15) is 4.79 Å². The average Bonchev–Trinajstić information content (AvgIpc) is 2.58. The van der Waals surface area contributed by atoms with Crippen LogP contribution in [0.1, 0.15) is 45.4 Å². The molecule has 2 heteroatoms. The second kappa shape index (κ2) is 6.44. The van der Waals surface area contributed by atoms with Crippen molar-refractivity contribution in [1.82, 2.24) is 0 Å². The molecule has 1 fully saturated rings. The SMILES string of the molecule is CCCCCCC=C=C1CCOC1=O. The van der Waals surface area contributed by atoms with Crippen LogP contribution in [0.4, 0.5) is 0 Å². The first-order valence-corrected chi connectivity index (χ1v) is 5.45. The minimum Gasteiger partial charge on any atom is -0.461 e. The number of cyclic esters (lactones) is 1. The molecule has 0 saturated carbocycles. The maximum atomic E-state index is 11.0. The molecule has 0 aliphatic carbocycles. The number of rotatable bonds is 5. The van der Waals surface area contributed by atoms with Gasteiger partial charge in [-0.25, -0.2) is 4.79 Å². The number of carbonyl (C=O) groups is 1. The lowest BCUT2D eigenvalue weighted by Gasteiger charge is -1.92. The summed E-state index contributed by atoms with van der Waals surface area (Å²) in [5.74, 6) is -0.185. The van der Waals surface area contributed by atoms with E-state index in [0.29, 0.717) is 12.2 Å². The van der Waals surface area contributed by atoms with Crippen LogP contribution < -0.4 is 0 Å². The predicted molar refractivity (Wildman–Crippen MR) is 55.9 cm³/mol. The lowest BCUT2D eigenvalue weighted by atomic mass is 10.1. The summed E-state index contributed by atoms with van der Waals surface area (Å²) in [6.45, 7) is 2.73. The molecule has 0 aromatic rings. The van der Waals surface area contributed by atoms with Crippen molar-refractivity contribution < 1.29 is 9.53 Å². The van der Waals surface area contributed by atoms with Gasteiger partial charge < -0.3 is 4.74 Å². The van der Waals surface area contributed by atoms with Gasteiger partial charge in [0.25, 0.3) is 0 Å². The zero-order valence-corrected chi connectivity index (χ0v) is 8.84. The van der Waals surface area contributed by atoms with E-state index in [-0.39, 0.29) is 5.97 Å². The van der Waals surface area contributed by atoms with E-state index < -0.39 is 0 Å². The first-order valence-electron chi connectivity index (χ1n) is 5.45. The summed E-state index contributed by atoms with van der Waals surface area (Å²) in [5, 5.41) is 0. The van der Waals surface area contributed by atoms with Gasteiger partial charge in [0.2, 0.25) is 0 Å². The number of ether oxygens (including phenoxy) is 1. The topological polar surface area (TPSA) is 26.3 Å². The zero-order valence-electron chi connectivity index (χ0n) is 8.84. The second-order valence-electron chi connectivity index (χ2n) is 3.56. The minimum absolute atomic E-state index is 0.185. The van der Waals surface area contributed by atoms with Gasteiger partial charge in [-0.05, 0) is 18.9 Å². The minimum atomic E-state index is -0.185. The van der Waals surface area contributed by atoms with E-state index in [0.717, 1.165) is 12.8 Å². The third kappa shape index (κ3) is 3.80. The Morgan fingerprint density at radius 1 is 1.43 bits per heavy atom. The van der Waals surface area contributed by atoms with Crippen LogP contribution in [-0.4, -0.2) is 12.6 Å². The Labute approximate surface area is 85.6 Å². The van der Waals surface area contributed by atoms with Crippen molar-refractivity contribution in [3.63, 3.8) is 0 Å². The molecule has 14 heavy (non-hydrogen) atoms. The monoisotopic (exact) mass is 194 g/mol. The van der Waals surface area contributed by atoms with Crippen LogP contribution in [-0.2, 0) is 9.53 Å². The number of carbonyl (C=O) groups excluding carboxylic acids is 1.